The van der Waals surface area contributed by atoms with Crippen molar-refractivity contribution in [2.75, 3.05) is 18.0 Å². The van der Waals surface area contributed by atoms with Crippen molar-refractivity contribution in [2.24, 2.45) is 0 Å². The molecule has 5 aromatic rings. The van der Waals surface area contributed by atoms with Gasteiger partial charge in [0, 0.05) is 28.5 Å². The first-order chi connectivity index (χ1) is 22.5. The Hall–Kier alpha value is -5.90. The first-order valence-electron chi connectivity index (χ1n) is 14.5. The molecule has 0 spiro atoms. The fraction of sp³-hybridized carbons (Fsp3) is 0.206. The number of anilines is 1. The summed E-state index contributed by atoms with van der Waals surface area (Å²) in [5, 5.41) is 2.77. The quantitative estimate of drug-likeness (QED) is 0.172. The van der Waals surface area contributed by atoms with E-state index in [-0.39, 0.29) is 42.0 Å². The van der Waals surface area contributed by atoms with Crippen LogP contribution in [0.25, 0.3) is 38.5 Å². The number of cyclic esters (lactones) is 1. The zero-order valence-corrected chi connectivity index (χ0v) is 25.0. The molecule has 0 aliphatic carbocycles. The highest BCUT2D eigenvalue weighted by atomic mass is 19.4. The van der Waals surface area contributed by atoms with E-state index in [1.54, 1.807) is 42.5 Å². The van der Waals surface area contributed by atoms with Crippen LogP contribution in [0.15, 0.2) is 83.4 Å². The maximum absolute atomic E-state index is 12.9. The standard InChI is InChI=1S/C34H26F3N5O5/c1-19(2)26-14-23(38-3)15-27-30(26)46-32(41-27)21-10-8-20(9-11-21)31(43)40-17-24-18-42(33(44)45-24)29-13-12-22(16-39-29)25-6-4-5-7-28(25)47-34(35,36)37/h4-16,19,24H,17-18H2,1-2H3,(H,40,43)/t24-/m1/s1. The number of carbonyl (C=O) groups is 2. The van der Waals surface area contributed by atoms with Gasteiger partial charge in [-0.15, -0.1) is 13.2 Å². The third kappa shape index (κ3) is 6.72. The van der Waals surface area contributed by atoms with E-state index in [2.05, 4.69) is 24.9 Å². The number of pyridine rings is 1. The third-order valence-electron chi connectivity index (χ3n) is 7.46. The lowest BCUT2D eigenvalue weighted by molar-refractivity contribution is -0.274. The van der Waals surface area contributed by atoms with Gasteiger partial charge >= 0.3 is 12.5 Å². The van der Waals surface area contributed by atoms with Crippen molar-refractivity contribution in [2.45, 2.75) is 32.2 Å². The number of nitrogens with one attached hydrogen (secondary N) is 1. The summed E-state index contributed by atoms with van der Waals surface area (Å²) in [7, 11) is 0. The van der Waals surface area contributed by atoms with Crippen LogP contribution in [-0.4, -0.2) is 47.5 Å². The van der Waals surface area contributed by atoms with E-state index in [0.29, 0.717) is 39.4 Å². The Morgan fingerprint density at radius 3 is 2.53 bits per heavy atom. The number of fused-ring (bicyclic) bond motifs is 1. The van der Waals surface area contributed by atoms with Gasteiger partial charge in [0.2, 0.25) is 5.89 Å². The molecule has 238 valence electrons. The maximum atomic E-state index is 12.9. The van der Waals surface area contributed by atoms with E-state index >= 15 is 0 Å². The second-order valence-electron chi connectivity index (χ2n) is 11.0. The zero-order valence-electron chi connectivity index (χ0n) is 25.0. The summed E-state index contributed by atoms with van der Waals surface area (Å²) in [5.74, 6) is -0.0121. The van der Waals surface area contributed by atoms with Crippen LogP contribution in [0.5, 0.6) is 5.75 Å². The number of hydrogen-bond acceptors (Lipinski definition) is 7. The molecule has 2 aromatic heterocycles. The number of oxazole rings is 1. The van der Waals surface area contributed by atoms with Crippen molar-refractivity contribution < 1.29 is 36.7 Å². The number of rotatable bonds is 8. The van der Waals surface area contributed by atoms with Crippen LogP contribution in [0.3, 0.4) is 0 Å². The van der Waals surface area contributed by atoms with Crippen molar-refractivity contribution in [1.82, 2.24) is 15.3 Å². The Balaban J connectivity index is 1.08. The fourth-order valence-electron chi connectivity index (χ4n) is 5.17. The van der Waals surface area contributed by atoms with Gasteiger partial charge in [-0.1, -0.05) is 32.0 Å². The van der Waals surface area contributed by atoms with Gasteiger partial charge in [0.05, 0.1) is 25.2 Å². The Labute approximate surface area is 266 Å². The average molecular weight is 642 g/mol. The van der Waals surface area contributed by atoms with Gasteiger partial charge in [0.15, 0.2) is 11.3 Å². The molecule has 6 rings (SSSR count). The first kappa shape index (κ1) is 31.1. The van der Waals surface area contributed by atoms with E-state index in [9.17, 15) is 22.8 Å². The topological polar surface area (TPSA) is 111 Å². The van der Waals surface area contributed by atoms with E-state index in [1.807, 2.05) is 13.8 Å². The molecule has 0 saturated carbocycles. The fourth-order valence-corrected chi connectivity index (χ4v) is 5.17. The number of nitrogens with zero attached hydrogens (tertiary/aromatic N) is 4. The number of hydrogen-bond donors (Lipinski definition) is 1. The molecule has 0 unspecified atom stereocenters. The summed E-state index contributed by atoms with van der Waals surface area (Å²) in [6, 6.07) is 18.9. The Morgan fingerprint density at radius 1 is 1.11 bits per heavy atom. The number of benzene rings is 3. The summed E-state index contributed by atoms with van der Waals surface area (Å²) in [6.45, 7) is 11.5. The highest BCUT2D eigenvalue weighted by Gasteiger charge is 2.34. The average Bonchev–Trinajstić information content (AvgIpc) is 3.66. The van der Waals surface area contributed by atoms with E-state index in [0.717, 1.165) is 5.56 Å². The summed E-state index contributed by atoms with van der Waals surface area (Å²) < 4.78 is 54.0. The van der Waals surface area contributed by atoms with E-state index < -0.39 is 18.6 Å². The molecule has 1 aliphatic rings. The molecular formula is C34H26F3N5O5. The van der Waals surface area contributed by atoms with Gasteiger partial charge in [-0.05, 0) is 66.1 Å². The van der Waals surface area contributed by atoms with Gasteiger partial charge in [-0.25, -0.2) is 19.6 Å². The van der Waals surface area contributed by atoms with Crippen LogP contribution in [0.4, 0.5) is 29.5 Å². The molecule has 3 aromatic carbocycles. The molecule has 1 aliphatic heterocycles. The maximum Gasteiger partial charge on any atom is 0.573 e. The van der Waals surface area contributed by atoms with Crippen LogP contribution in [0.2, 0.25) is 0 Å². The van der Waals surface area contributed by atoms with Crippen molar-refractivity contribution >= 4 is 34.6 Å². The molecule has 47 heavy (non-hydrogen) atoms. The van der Waals surface area contributed by atoms with Crippen LogP contribution in [0, 0.1) is 6.57 Å². The van der Waals surface area contributed by atoms with Crippen molar-refractivity contribution in [3.8, 4) is 28.3 Å². The van der Waals surface area contributed by atoms with Crippen LogP contribution in [-0.2, 0) is 4.74 Å². The molecule has 0 bridgehead atoms. The van der Waals surface area contributed by atoms with Crippen molar-refractivity contribution in [3.63, 3.8) is 0 Å². The van der Waals surface area contributed by atoms with Crippen LogP contribution in [0.1, 0.15) is 35.7 Å². The molecule has 0 radical (unpaired) electrons. The predicted molar refractivity (Wildman–Crippen MR) is 166 cm³/mol. The minimum Gasteiger partial charge on any atom is -0.442 e. The normalized spacial score (nSPS) is 14.7. The summed E-state index contributed by atoms with van der Waals surface area (Å²) >= 11 is 0. The minimum atomic E-state index is -4.85. The predicted octanol–water partition coefficient (Wildman–Crippen LogP) is 7.88. The van der Waals surface area contributed by atoms with Crippen molar-refractivity contribution in [1.29, 1.82) is 0 Å². The lowest BCUT2D eigenvalue weighted by Gasteiger charge is -2.15. The lowest BCUT2D eigenvalue weighted by atomic mass is 10.0. The zero-order chi connectivity index (χ0) is 33.3. The molecule has 2 amide bonds. The molecule has 1 saturated heterocycles. The van der Waals surface area contributed by atoms with Gasteiger partial charge in [-0.3, -0.25) is 9.69 Å². The number of carbonyl (C=O) groups excluding carboxylic acids is 2. The first-order valence-corrected chi connectivity index (χ1v) is 14.5. The number of alkyl halides is 3. The Kier molecular flexibility index (Phi) is 8.25. The van der Waals surface area contributed by atoms with Gasteiger partial charge in [-0.2, -0.15) is 0 Å². The number of amides is 2. The van der Waals surface area contributed by atoms with Crippen LogP contribution >= 0.6 is 0 Å². The van der Waals surface area contributed by atoms with Crippen molar-refractivity contribution in [3.05, 3.63) is 102 Å². The number of aromatic nitrogens is 2. The summed E-state index contributed by atoms with van der Waals surface area (Å²) in [4.78, 5) is 39.1. The number of para-hydroxylation sites is 1. The molecule has 3 heterocycles. The Morgan fingerprint density at radius 2 is 1.85 bits per heavy atom. The summed E-state index contributed by atoms with van der Waals surface area (Å²) in [6.07, 6.45) is -4.84. The molecular weight excluding hydrogens is 615 g/mol. The molecule has 13 heteroatoms. The van der Waals surface area contributed by atoms with Gasteiger partial charge in [0.25, 0.3) is 5.91 Å². The lowest BCUT2D eigenvalue weighted by Crippen LogP contribution is -2.34. The smallest absolute Gasteiger partial charge is 0.442 e. The highest BCUT2D eigenvalue weighted by molar-refractivity contribution is 5.95. The molecule has 1 fully saturated rings. The largest absolute Gasteiger partial charge is 0.573 e. The summed E-state index contributed by atoms with van der Waals surface area (Å²) in [5.41, 5.74) is 4.17. The second-order valence-corrected chi connectivity index (χ2v) is 11.0. The molecule has 1 N–H and O–H groups in total. The molecule has 1 atom stereocenters. The minimum absolute atomic E-state index is 0.0373. The van der Waals surface area contributed by atoms with E-state index in [4.69, 9.17) is 15.7 Å². The van der Waals surface area contributed by atoms with Gasteiger partial charge in [0.1, 0.15) is 17.7 Å². The number of ether oxygens (including phenoxy) is 2. The highest BCUT2D eigenvalue weighted by Crippen LogP contribution is 2.35. The van der Waals surface area contributed by atoms with Crippen LogP contribution < -0.4 is 15.0 Å². The Bertz CT molecular complexity index is 2000. The molecule has 10 nitrogen and oxygen atoms in total. The second kappa shape index (κ2) is 12.5. The monoisotopic (exact) mass is 641 g/mol. The number of halogens is 3. The van der Waals surface area contributed by atoms with Gasteiger partial charge < -0.3 is 19.2 Å². The van der Waals surface area contributed by atoms with E-state index in [1.165, 1.54) is 41.4 Å². The third-order valence-corrected chi connectivity index (χ3v) is 7.46. The SMILES string of the molecule is [C-]#[N+]c1cc(C(C)C)c2oc(-c3ccc(C(=O)NC[C@@H]4CN(c5ccc(-c6ccccc6OC(F)(F)F)cn5)C(=O)O4)cc3)nc2c1.